The van der Waals surface area contributed by atoms with E-state index in [0.29, 0.717) is 0 Å². The lowest BCUT2D eigenvalue weighted by Gasteiger charge is -2.21. The second-order valence-corrected chi connectivity index (χ2v) is 20.4. The number of aryl methyl sites for hydroxylation is 9. The van der Waals surface area contributed by atoms with Gasteiger partial charge in [-0.15, -0.1) is 11.3 Å². The van der Waals surface area contributed by atoms with Crippen LogP contribution in [0.3, 0.4) is 0 Å². The first kappa shape index (κ1) is 73.9. The highest BCUT2D eigenvalue weighted by molar-refractivity contribution is 7.18. The monoisotopic (exact) mass is 1140 g/mol. The molecule has 0 saturated heterocycles. The van der Waals surface area contributed by atoms with Crippen LogP contribution >= 0.6 is 11.3 Å². The van der Waals surface area contributed by atoms with Gasteiger partial charge < -0.3 is 13.7 Å². The second kappa shape index (κ2) is 37.9. The third kappa shape index (κ3) is 19.5. The zero-order valence-electron chi connectivity index (χ0n) is 56.4. The topological polar surface area (TPSA) is 66.0 Å². The number of imidazole rings is 1. The Morgan fingerprint density at radius 1 is 0.422 bits per heavy atom. The summed E-state index contributed by atoms with van der Waals surface area (Å²) in [6, 6.07) is 49.7. The zero-order chi connectivity index (χ0) is 63.1. The predicted molar refractivity (Wildman–Crippen MR) is 372 cm³/mol. The molecular formula is C76H106N4O2S. The molecule has 1 atom stereocenters. The van der Waals surface area contributed by atoms with Crippen molar-refractivity contribution in [3.8, 4) is 5.75 Å². The first-order valence-electron chi connectivity index (χ1n) is 30.6. The number of para-hydroxylation sites is 6. The van der Waals surface area contributed by atoms with Crippen LogP contribution < -0.4 is 4.74 Å². The van der Waals surface area contributed by atoms with E-state index in [9.17, 15) is 0 Å². The van der Waals surface area contributed by atoms with Gasteiger partial charge in [0.05, 0.1) is 31.8 Å². The molecule has 0 spiro atoms. The minimum atomic E-state index is 0.163. The number of rotatable bonds is 0. The minimum absolute atomic E-state index is 0.163. The Bertz CT molecular complexity index is 3450. The predicted octanol–water partition coefficient (Wildman–Crippen LogP) is 23.7. The second-order valence-electron chi connectivity index (χ2n) is 19.2. The Hall–Kier alpha value is -7.09. The summed E-state index contributed by atoms with van der Waals surface area (Å²) in [5.74, 6) is 3.13. The summed E-state index contributed by atoms with van der Waals surface area (Å²) in [6.45, 7) is 53.9. The van der Waals surface area contributed by atoms with Crippen LogP contribution in [-0.4, -0.2) is 25.6 Å². The SMILES string of the molecule is CC.CC.CC.CC.CC.CC.CC1Oc2ccccc2C1(C)C.Cc1c(C)c(C)c2ccccc2c1C.Cc1nc2ccccc2c(C)c1C.Cc1nc2ccccc2n1C.Cc1nc2ccccc2s1.Cc1oc2ccccc2c1C. The summed E-state index contributed by atoms with van der Waals surface area (Å²) in [5.41, 5.74) is 17.7. The quantitative estimate of drug-likeness (QED) is 0.151. The van der Waals surface area contributed by atoms with E-state index in [4.69, 9.17) is 9.15 Å². The van der Waals surface area contributed by atoms with Crippen LogP contribution in [0.1, 0.15) is 171 Å². The number of pyridine rings is 1. The lowest BCUT2D eigenvalue weighted by atomic mass is 9.82. The zero-order valence-corrected chi connectivity index (χ0v) is 57.3. The van der Waals surface area contributed by atoms with E-state index in [1.54, 1.807) is 11.3 Å². The molecule has 448 valence electrons. The van der Waals surface area contributed by atoms with Gasteiger partial charge in [0.1, 0.15) is 29.0 Å². The Balaban J connectivity index is 0.000000481. The number of hydrogen-bond acceptors (Lipinski definition) is 6. The molecule has 0 aliphatic carbocycles. The molecular weight excluding hydrogens is 1030 g/mol. The Labute approximate surface area is 507 Å². The molecule has 4 aromatic heterocycles. The molecule has 0 fully saturated rings. The van der Waals surface area contributed by atoms with E-state index in [1.807, 2.05) is 184 Å². The van der Waals surface area contributed by atoms with Gasteiger partial charge in [0.2, 0.25) is 0 Å². The molecule has 7 heteroatoms. The smallest absolute Gasteiger partial charge is 0.134 e. The van der Waals surface area contributed by atoms with Gasteiger partial charge in [0, 0.05) is 34.5 Å². The Morgan fingerprint density at radius 3 is 1.37 bits per heavy atom. The van der Waals surface area contributed by atoms with E-state index < -0.39 is 0 Å². The van der Waals surface area contributed by atoms with Crippen LogP contribution in [0.2, 0.25) is 0 Å². The molecule has 0 bridgehead atoms. The van der Waals surface area contributed by atoms with Gasteiger partial charge >= 0.3 is 0 Å². The molecule has 7 aromatic carbocycles. The highest BCUT2D eigenvalue weighted by Gasteiger charge is 2.38. The van der Waals surface area contributed by atoms with Crippen molar-refractivity contribution < 1.29 is 9.15 Å². The van der Waals surface area contributed by atoms with Gasteiger partial charge in [-0.1, -0.05) is 200 Å². The Morgan fingerprint density at radius 2 is 0.855 bits per heavy atom. The fraction of sp³-hybridized carbons (Fsp3) is 0.382. The van der Waals surface area contributed by atoms with E-state index >= 15 is 0 Å². The third-order valence-electron chi connectivity index (χ3n) is 14.5. The number of ether oxygens (including phenoxy) is 1. The maximum Gasteiger partial charge on any atom is 0.134 e. The first-order valence-corrected chi connectivity index (χ1v) is 31.4. The number of furan rings is 1. The molecule has 83 heavy (non-hydrogen) atoms. The fourth-order valence-electron chi connectivity index (χ4n) is 8.94. The van der Waals surface area contributed by atoms with Gasteiger partial charge in [-0.3, -0.25) is 4.98 Å². The van der Waals surface area contributed by atoms with Crippen molar-refractivity contribution in [1.82, 2.24) is 19.5 Å². The molecule has 1 unspecified atom stereocenters. The first-order chi connectivity index (χ1) is 39.9. The lowest BCUT2D eigenvalue weighted by molar-refractivity contribution is 0.185. The van der Waals surface area contributed by atoms with Gasteiger partial charge in [-0.2, -0.15) is 0 Å². The van der Waals surface area contributed by atoms with Crippen LogP contribution in [-0.2, 0) is 12.5 Å². The average Bonchev–Trinajstić information content (AvgIpc) is 4.42. The van der Waals surface area contributed by atoms with Crippen LogP contribution in [0.15, 0.2) is 150 Å². The third-order valence-corrected chi connectivity index (χ3v) is 15.5. The highest BCUT2D eigenvalue weighted by atomic mass is 32.1. The molecule has 1 aliphatic rings. The minimum Gasteiger partial charge on any atom is -0.490 e. The lowest BCUT2D eigenvalue weighted by Crippen LogP contribution is -2.28. The average molecular weight is 1140 g/mol. The summed E-state index contributed by atoms with van der Waals surface area (Å²) in [6.07, 6.45) is 0.287. The summed E-state index contributed by atoms with van der Waals surface area (Å²) in [4.78, 5) is 13.2. The van der Waals surface area contributed by atoms with Gasteiger partial charge in [0.15, 0.2) is 0 Å². The van der Waals surface area contributed by atoms with Crippen LogP contribution in [0.25, 0.3) is 53.9 Å². The summed E-state index contributed by atoms with van der Waals surface area (Å²) >= 11 is 1.74. The van der Waals surface area contributed by atoms with Gasteiger partial charge in [-0.25, -0.2) is 9.97 Å². The summed E-state index contributed by atoms with van der Waals surface area (Å²) < 4.78 is 14.6. The van der Waals surface area contributed by atoms with Crippen molar-refractivity contribution in [2.24, 2.45) is 7.05 Å². The molecule has 0 amide bonds. The number of thiazole rings is 1. The van der Waals surface area contributed by atoms with Crippen molar-refractivity contribution in [2.45, 2.75) is 192 Å². The maximum atomic E-state index is 5.72. The highest BCUT2D eigenvalue weighted by Crippen LogP contribution is 2.42. The van der Waals surface area contributed by atoms with E-state index in [1.165, 1.54) is 76.3 Å². The standard InChI is InChI=1S/C14H16.C12H13N.C11H14O.C10H10O.C9H10N2.C8H7NS.6C2H6/c1-9-10(2)12(4)14-8-6-5-7-13(14)11(9)3;1-8-9(2)11-6-4-5-7-12(11)13-10(8)3;1-8-11(2,3)9-6-4-5-7-10(9)12-8;1-7-8(2)11-10-6-4-3-5-9(7)10;1-7-10-8-5-3-4-6-9(8)11(7)2;1-6-9-7-4-2-3-5-8(7)10-6;6*1-2/h5-8H,1-4H3;4-7H,1-3H3;4-8H,1-3H3;2*3-6H,1-2H3;2-5H,1H3;6*1-2H3. The summed E-state index contributed by atoms with van der Waals surface area (Å²) in [5, 5.41) is 6.43. The van der Waals surface area contributed by atoms with E-state index in [0.717, 1.165) is 50.2 Å². The molecule has 0 radical (unpaired) electrons. The number of benzene rings is 7. The summed E-state index contributed by atoms with van der Waals surface area (Å²) in [7, 11) is 2.03. The number of nitrogens with zero attached hydrogens (tertiary/aromatic N) is 4. The molecule has 6 nitrogen and oxygen atoms in total. The molecule has 11 aromatic rings. The van der Waals surface area contributed by atoms with E-state index in [-0.39, 0.29) is 11.5 Å². The van der Waals surface area contributed by atoms with Crippen molar-refractivity contribution in [1.29, 1.82) is 0 Å². The molecule has 0 N–H and O–H groups in total. The number of fused-ring (bicyclic) bond motifs is 6. The van der Waals surface area contributed by atoms with Crippen LogP contribution in [0, 0.1) is 76.2 Å². The number of hydrogen-bond donors (Lipinski definition) is 0. The van der Waals surface area contributed by atoms with Crippen LogP contribution in [0.5, 0.6) is 5.75 Å². The Kier molecular flexibility index (Phi) is 33.8. The van der Waals surface area contributed by atoms with Gasteiger partial charge in [-0.05, 0) is 175 Å². The van der Waals surface area contributed by atoms with Gasteiger partial charge in [0.25, 0.3) is 0 Å². The van der Waals surface area contributed by atoms with Crippen molar-refractivity contribution >= 4 is 65.2 Å². The fourth-order valence-corrected chi connectivity index (χ4v) is 9.77. The van der Waals surface area contributed by atoms with Crippen LogP contribution in [0.4, 0.5) is 0 Å². The molecule has 1 aliphatic heterocycles. The maximum absolute atomic E-state index is 5.72. The van der Waals surface area contributed by atoms with Crippen molar-refractivity contribution in [2.75, 3.05) is 0 Å². The normalized spacial score (nSPS) is 11.6. The molecule has 12 rings (SSSR count). The molecule has 5 heterocycles. The number of aromatic nitrogens is 4. The van der Waals surface area contributed by atoms with Crippen molar-refractivity contribution in [3.05, 3.63) is 212 Å². The largest absolute Gasteiger partial charge is 0.490 e. The van der Waals surface area contributed by atoms with E-state index in [2.05, 4.69) is 168 Å². The van der Waals surface area contributed by atoms with Crippen molar-refractivity contribution in [3.63, 3.8) is 0 Å². The molecule has 0 saturated carbocycles.